The molecule has 2 unspecified atom stereocenters. The van der Waals surface area contributed by atoms with Crippen LogP contribution in [0.5, 0.6) is 0 Å². The molecule has 146 valence electrons. The predicted molar refractivity (Wildman–Crippen MR) is 107 cm³/mol. The van der Waals surface area contributed by atoms with Gasteiger partial charge in [0.2, 0.25) is 0 Å². The maximum Gasteiger partial charge on any atom is 0.407 e. The van der Waals surface area contributed by atoms with Gasteiger partial charge < -0.3 is 20.3 Å². The Morgan fingerprint density at radius 3 is 2.71 bits per heavy atom. The van der Waals surface area contributed by atoms with Gasteiger partial charge in [-0.15, -0.1) is 0 Å². The number of amides is 1. The second kappa shape index (κ2) is 9.50. The van der Waals surface area contributed by atoms with E-state index >= 15 is 0 Å². The molecule has 3 N–H and O–H groups in total. The van der Waals surface area contributed by atoms with Gasteiger partial charge in [-0.05, 0) is 35.7 Å². The molecule has 0 spiro atoms. The number of aliphatic hydroxyl groups excluding tert-OH is 2. The molecular weight excluding hydrogens is 380 g/mol. The minimum atomic E-state index is -1.11. The molecule has 7 heteroatoms. The van der Waals surface area contributed by atoms with Gasteiger partial charge >= 0.3 is 6.09 Å². The van der Waals surface area contributed by atoms with Crippen LogP contribution in [0.1, 0.15) is 23.7 Å². The summed E-state index contributed by atoms with van der Waals surface area (Å²) in [5.41, 5.74) is 2.12. The van der Waals surface area contributed by atoms with Crippen molar-refractivity contribution < 1.29 is 19.7 Å². The molecule has 0 saturated heterocycles. The van der Waals surface area contributed by atoms with E-state index in [4.69, 9.17) is 16.3 Å². The fourth-order valence-corrected chi connectivity index (χ4v) is 3.00. The monoisotopic (exact) mass is 400 g/mol. The Labute approximate surface area is 167 Å². The number of hydrogen-bond acceptors (Lipinski definition) is 5. The number of aliphatic hydroxyl groups is 2. The van der Waals surface area contributed by atoms with Crippen LogP contribution in [0.3, 0.4) is 0 Å². The maximum atomic E-state index is 11.7. The molecule has 0 saturated carbocycles. The van der Waals surface area contributed by atoms with E-state index in [1.54, 1.807) is 30.5 Å². The van der Waals surface area contributed by atoms with E-state index in [0.29, 0.717) is 21.5 Å². The summed E-state index contributed by atoms with van der Waals surface area (Å²) in [6, 6.07) is 16.1. The molecule has 2 atom stereocenters. The third-order valence-electron chi connectivity index (χ3n) is 4.34. The molecule has 0 aliphatic carbocycles. The molecule has 2 aromatic carbocycles. The van der Waals surface area contributed by atoms with E-state index in [1.165, 1.54) is 0 Å². The third kappa shape index (κ3) is 5.19. The van der Waals surface area contributed by atoms with Crippen LogP contribution in [0.25, 0.3) is 10.9 Å². The van der Waals surface area contributed by atoms with Gasteiger partial charge in [-0.1, -0.05) is 48.0 Å². The Balaban J connectivity index is 1.48. The molecule has 1 aromatic heterocycles. The lowest BCUT2D eigenvalue weighted by atomic mass is 10.0. The van der Waals surface area contributed by atoms with Crippen LogP contribution in [-0.4, -0.2) is 33.9 Å². The van der Waals surface area contributed by atoms with E-state index in [1.807, 2.05) is 30.3 Å². The van der Waals surface area contributed by atoms with E-state index in [2.05, 4.69) is 10.3 Å². The highest BCUT2D eigenvalue weighted by atomic mass is 35.5. The average Bonchev–Trinajstić information content (AvgIpc) is 2.72. The minimum Gasteiger partial charge on any atom is -0.445 e. The summed E-state index contributed by atoms with van der Waals surface area (Å²) in [5.74, 6) is 0. The van der Waals surface area contributed by atoms with E-state index in [9.17, 15) is 15.0 Å². The van der Waals surface area contributed by atoms with Gasteiger partial charge in [0.15, 0.2) is 0 Å². The number of fused-ring (bicyclic) bond motifs is 1. The van der Waals surface area contributed by atoms with Crippen molar-refractivity contribution in [3.8, 4) is 0 Å². The highest BCUT2D eigenvalue weighted by Crippen LogP contribution is 2.27. The second-order valence-corrected chi connectivity index (χ2v) is 6.77. The van der Waals surface area contributed by atoms with Crippen LogP contribution in [0, 0.1) is 0 Å². The number of alkyl carbamates (subject to hydrolysis) is 1. The number of ether oxygens (including phenoxy) is 1. The number of aromatic nitrogens is 1. The summed E-state index contributed by atoms with van der Waals surface area (Å²) >= 11 is 6.16. The zero-order chi connectivity index (χ0) is 19.9. The number of rotatable bonds is 7. The predicted octanol–water partition coefficient (Wildman–Crippen LogP) is 3.60. The number of carbonyl (C=O) groups is 1. The third-order valence-corrected chi connectivity index (χ3v) is 4.67. The number of halogens is 1. The smallest absolute Gasteiger partial charge is 0.407 e. The standard InChI is InChI=1S/C21H21ClN2O4/c22-17-8-10-23-18-7-6-15(12-16(17)18)20(26)19(25)9-11-24-21(27)28-13-14-4-2-1-3-5-14/h1-8,10,12,19-20,25-26H,9,11,13H2,(H,24,27). The minimum absolute atomic E-state index is 0.167. The molecule has 0 fully saturated rings. The maximum absolute atomic E-state index is 11.7. The second-order valence-electron chi connectivity index (χ2n) is 6.36. The zero-order valence-electron chi connectivity index (χ0n) is 15.1. The van der Waals surface area contributed by atoms with Crippen molar-refractivity contribution in [1.29, 1.82) is 0 Å². The van der Waals surface area contributed by atoms with E-state index in [-0.39, 0.29) is 19.6 Å². The molecule has 1 heterocycles. The molecular formula is C21H21ClN2O4. The summed E-state index contributed by atoms with van der Waals surface area (Å²) < 4.78 is 5.10. The summed E-state index contributed by atoms with van der Waals surface area (Å²) in [6.45, 7) is 0.339. The van der Waals surface area contributed by atoms with Crippen molar-refractivity contribution in [2.24, 2.45) is 0 Å². The van der Waals surface area contributed by atoms with Gasteiger partial charge in [-0.2, -0.15) is 0 Å². The van der Waals surface area contributed by atoms with Gasteiger partial charge in [0.1, 0.15) is 12.7 Å². The highest BCUT2D eigenvalue weighted by Gasteiger charge is 2.19. The molecule has 0 aliphatic rings. The van der Waals surface area contributed by atoms with Gasteiger partial charge in [0.25, 0.3) is 0 Å². The van der Waals surface area contributed by atoms with Gasteiger partial charge in [0.05, 0.1) is 16.6 Å². The average molecular weight is 401 g/mol. The fraction of sp³-hybridized carbons (Fsp3) is 0.238. The molecule has 0 aliphatic heterocycles. The molecule has 1 amide bonds. The first kappa shape index (κ1) is 20.1. The Morgan fingerprint density at radius 2 is 1.93 bits per heavy atom. The first-order valence-electron chi connectivity index (χ1n) is 8.89. The summed E-state index contributed by atoms with van der Waals surface area (Å²) in [7, 11) is 0. The van der Waals surface area contributed by atoms with Crippen LogP contribution >= 0.6 is 11.6 Å². The van der Waals surface area contributed by atoms with Crippen LogP contribution in [-0.2, 0) is 11.3 Å². The Bertz CT molecular complexity index is 936. The van der Waals surface area contributed by atoms with Crippen molar-refractivity contribution in [2.75, 3.05) is 6.54 Å². The van der Waals surface area contributed by atoms with E-state index < -0.39 is 18.3 Å². The van der Waals surface area contributed by atoms with Crippen LogP contribution in [0.2, 0.25) is 5.02 Å². The van der Waals surface area contributed by atoms with Crippen molar-refractivity contribution in [3.05, 3.63) is 76.9 Å². The SMILES string of the molecule is O=C(NCCC(O)C(O)c1ccc2nccc(Cl)c2c1)OCc1ccccc1. The van der Waals surface area contributed by atoms with E-state index in [0.717, 1.165) is 5.56 Å². The lowest BCUT2D eigenvalue weighted by Crippen LogP contribution is -2.29. The highest BCUT2D eigenvalue weighted by molar-refractivity contribution is 6.35. The molecule has 6 nitrogen and oxygen atoms in total. The quantitative estimate of drug-likeness (QED) is 0.563. The van der Waals surface area contributed by atoms with Gasteiger partial charge in [0, 0.05) is 18.1 Å². The Morgan fingerprint density at radius 1 is 1.14 bits per heavy atom. The number of hydrogen-bond donors (Lipinski definition) is 3. The molecule has 3 rings (SSSR count). The number of nitrogens with zero attached hydrogens (tertiary/aromatic N) is 1. The zero-order valence-corrected chi connectivity index (χ0v) is 15.8. The normalized spacial score (nSPS) is 13.1. The molecule has 28 heavy (non-hydrogen) atoms. The molecule has 0 bridgehead atoms. The van der Waals surface area contributed by atoms with Crippen molar-refractivity contribution in [2.45, 2.75) is 25.2 Å². The lowest BCUT2D eigenvalue weighted by molar-refractivity contribution is 0.0137. The summed E-state index contributed by atoms with van der Waals surface area (Å²) in [5, 5.41) is 24.4. The number of benzene rings is 2. The van der Waals surface area contributed by atoms with Crippen molar-refractivity contribution in [3.63, 3.8) is 0 Å². The van der Waals surface area contributed by atoms with Gasteiger partial charge in [-0.3, -0.25) is 4.98 Å². The van der Waals surface area contributed by atoms with Crippen LogP contribution in [0.15, 0.2) is 60.8 Å². The van der Waals surface area contributed by atoms with Gasteiger partial charge in [-0.25, -0.2) is 4.79 Å². The number of pyridine rings is 1. The fourth-order valence-electron chi connectivity index (χ4n) is 2.79. The largest absolute Gasteiger partial charge is 0.445 e. The van der Waals surface area contributed by atoms with Crippen molar-refractivity contribution in [1.82, 2.24) is 10.3 Å². The number of carbonyl (C=O) groups excluding carboxylic acids is 1. The molecule has 3 aromatic rings. The first-order chi connectivity index (χ1) is 13.5. The first-order valence-corrected chi connectivity index (χ1v) is 9.27. The molecule has 0 radical (unpaired) electrons. The topological polar surface area (TPSA) is 91.7 Å². The van der Waals surface area contributed by atoms with Crippen molar-refractivity contribution >= 4 is 28.6 Å². The Kier molecular flexibility index (Phi) is 6.81. The summed E-state index contributed by atoms with van der Waals surface area (Å²) in [4.78, 5) is 15.9. The van der Waals surface area contributed by atoms with Crippen LogP contribution in [0.4, 0.5) is 4.79 Å². The summed E-state index contributed by atoms with van der Waals surface area (Å²) in [6.07, 6.45) is -0.960. The lowest BCUT2D eigenvalue weighted by Gasteiger charge is -2.19. The number of nitrogens with one attached hydrogen (secondary N) is 1. The van der Waals surface area contributed by atoms with Crippen LogP contribution < -0.4 is 5.32 Å². The Hall–Kier alpha value is -2.67.